The Bertz CT molecular complexity index is 1200. The molecular weight excluding hydrogens is 384 g/mol. The van der Waals surface area contributed by atoms with Gasteiger partial charge in [0.1, 0.15) is 11.6 Å². The van der Waals surface area contributed by atoms with Gasteiger partial charge in [0, 0.05) is 13.1 Å². The highest BCUT2D eigenvalue weighted by Gasteiger charge is 2.19. The lowest BCUT2D eigenvalue weighted by atomic mass is 10.2. The van der Waals surface area contributed by atoms with Gasteiger partial charge >= 0.3 is 5.69 Å². The van der Waals surface area contributed by atoms with E-state index >= 15 is 0 Å². The van der Waals surface area contributed by atoms with E-state index in [0.717, 1.165) is 16.0 Å². The third kappa shape index (κ3) is 4.49. The highest BCUT2D eigenvalue weighted by atomic mass is 16.5. The number of nitrogens with two attached hydrogens (primary N) is 1. The molecule has 0 fully saturated rings. The molecule has 0 radical (unpaired) electrons. The minimum atomic E-state index is -0.729. The van der Waals surface area contributed by atoms with Crippen molar-refractivity contribution in [2.45, 2.75) is 6.54 Å². The summed E-state index contributed by atoms with van der Waals surface area (Å²) in [6.07, 6.45) is 2.92. The van der Waals surface area contributed by atoms with E-state index in [1.807, 2.05) is 36.4 Å². The van der Waals surface area contributed by atoms with Crippen LogP contribution in [-0.2, 0) is 11.3 Å². The van der Waals surface area contributed by atoms with Crippen LogP contribution in [0.2, 0.25) is 0 Å². The lowest BCUT2D eigenvalue weighted by molar-refractivity contribution is -0.113. The Morgan fingerprint density at radius 1 is 1.17 bits per heavy atom. The number of anilines is 2. The molecule has 8 nitrogen and oxygen atoms in total. The van der Waals surface area contributed by atoms with E-state index in [9.17, 15) is 14.4 Å². The first kappa shape index (κ1) is 20.7. The van der Waals surface area contributed by atoms with Crippen molar-refractivity contribution in [2.75, 3.05) is 24.8 Å². The second-order valence-electron chi connectivity index (χ2n) is 6.57. The van der Waals surface area contributed by atoms with Gasteiger partial charge in [0.05, 0.1) is 13.7 Å². The maximum absolute atomic E-state index is 12.6. The first-order valence-electron chi connectivity index (χ1n) is 9.17. The van der Waals surface area contributed by atoms with Crippen molar-refractivity contribution >= 4 is 23.5 Å². The molecule has 3 aromatic rings. The van der Waals surface area contributed by atoms with Gasteiger partial charge < -0.3 is 15.4 Å². The first-order valence-corrected chi connectivity index (χ1v) is 9.17. The zero-order chi connectivity index (χ0) is 21.7. The molecule has 0 spiro atoms. The number of rotatable bonds is 6. The van der Waals surface area contributed by atoms with Crippen LogP contribution in [-0.4, -0.2) is 29.6 Å². The largest absolute Gasteiger partial charge is 0.497 e. The number of nitrogens with one attached hydrogen (secondary N) is 1. The van der Waals surface area contributed by atoms with Crippen LogP contribution in [0.15, 0.2) is 70.3 Å². The predicted molar refractivity (Wildman–Crippen MR) is 117 cm³/mol. The smallest absolute Gasteiger partial charge is 0.330 e. The summed E-state index contributed by atoms with van der Waals surface area (Å²) in [6, 6.07) is 16.4. The Balaban J connectivity index is 1.91. The van der Waals surface area contributed by atoms with Gasteiger partial charge in [-0.2, -0.15) is 0 Å². The summed E-state index contributed by atoms with van der Waals surface area (Å²) >= 11 is 0. The van der Waals surface area contributed by atoms with E-state index in [4.69, 9.17) is 10.5 Å². The van der Waals surface area contributed by atoms with Gasteiger partial charge in [0.25, 0.3) is 11.5 Å². The molecule has 0 saturated heterocycles. The van der Waals surface area contributed by atoms with E-state index in [2.05, 4.69) is 4.98 Å². The molecule has 1 aromatic heterocycles. The zero-order valence-electron chi connectivity index (χ0n) is 16.7. The van der Waals surface area contributed by atoms with Gasteiger partial charge in [-0.15, -0.1) is 0 Å². The highest BCUT2D eigenvalue weighted by molar-refractivity contribution is 6.04. The van der Waals surface area contributed by atoms with Crippen molar-refractivity contribution in [2.24, 2.45) is 0 Å². The SMILES string of the molecule is COc1cccc(/C=C/C(=O)N(C)c2c(N)n(Cc3ccccc3)c(=O)[nH]c2=O)c1. The van der Waals surface area contributed by atoms with Crippen LogP contribution >= 0.6 is 0 Å². The Morgan fingerprint density at radius 2 is 1.90 bits per heavy atom. The number of ether oxygens (including phenoxy) is 1. The number of hydrogen-bond acceptors (Lipinski definition) is 5. The monoisotopic (exact) mass is 406 g/mol. The average Bonchev–Trinajstić information content (AvgIpc) is 2.75. The first-order chi connectivity index (χ1) is 14.4. The van der Waals surface area contributed by atoms with Gasteiger partial charge in [-0.05, 0) is 29.3 Å². The summed E-state index contributed by atoms with van der Waals surface area (Å²) in [4.78, 5) is 40.7. The number of amides is 1. The van der Waals surface area contributed by atoms with Crippen LogP contribution in [0.5, 0.6) is 5.75 Å². The molecule has 0 bridgehead atoms. The summed E-state index contributed by atoms with van der Waals surface area (Å²) in [5, 5.41) is 0. The number of aromatic nitrogens is 2. The van der Waals surface area contributed by atoms with E-state index in [0.29, 0.717) is 5.75 Å². The standard InChI is InChI=1S/C22H22N4O4/c1-25(18(27)12-11-15-9-6-10-17(13-15)30-2)19-20(23)26(22(29)24-21(19)28)14-16-7-4-3-5-8-16/h3-13H,14,23H2,1-2H3,(H,24,28,29)/b12-11+. The molecular formula is C22H22N4O4. The number of aromatic amines is 1. The number of likely N-dealkylation sites (N-methyl/N-ethyl adjacent to an activating group) is 1. The van der Waals surface area contributed by atoms with Crippen molar-refractivity contribution in [3.05, 3.63) is 92.6 Å². The number of benzene rings is 2. The van der Waals surface area contributed by atoms with Crippen molar-refractivity contribution in [3.63, 3.8) is 0 Å². The van der Waals surface area contributed by atoms with Crippen molar-refractivity contribution in [1.29, 1.82) is 0 Å². The second-order valence-corrected chi connectivity index (χ2v) is 6.57. The summed E-state index contributed by atoms with van der Waals surface area (Å²) in [5.41, 5.74) is 6.25. The van der Waals surface area contributed by atoms with Crippen LogP contribution in [0.3, 0.4) is 0 Å². The molecule has 1 heterocycles. The molecule has 0 aliphatic rings. The van der Waals surface area contributed by atoms with E-state index in [-0.39, 0.29) is 18.1 Å². The van der Waals surface area contributed by atoms with E-state index in [1.54, 1.807) is 31.4 Å². The summed E-state index contributed by atoms with van der Waals surface area (Å²) in [7, 11) is 2.98. The topological polar surface area (TPSA) is 110 Å². The molecule has 3 N–H and O–H groups in total. The fourth-order valence-corrected chi connectivity index (χ4v) is 2.96. The fourth-order valence-electron chi connectivity index (χ4n) is 2.96. The normalized spacial score (nSPS) is 10.9. The number of methoxy groups -OCH3 is 1. The van der Waals surface area contributed by atoms with Crippen LogP contribution in [0.1, 0.15) is 11.1 Å². The summed E-state index contributed by atoms with van der Waals surface area (Å²) in [6.45, 7) is 0.164. The maximum Gasteiger partial charge on any atom is 0.330 e. The van der Waals surface area contributed by atoms with Crippen LogP contribution in [0.25, 0.3) is 6.08 Å². The molecule has 30 heavy (non-hydrogen) atoms. The van der Waals surface area contributed by atoms with Gasteiger partial charge in [-0.25, -0.2) is 4.79 Å². The minimum absolute atomic E-state index is 0.0850. The molecule has 0 atom stereocenters. The number of nitrogen functional groups attached to an aromatic ring is 1. The fraction of sp³-hybridized carbons (Fsp3) is 0.136. The number of hydrogen-bond donors (Lipinski definition) is 2. The second kappa shape index (κ2) is 8.95. The van der Waals surface area contributed by atoms with E-state index < -0.39 is 17.2 Å². The average molecular weight is 406 g/mol. The Morgan fingerprint density at radius 3 is 2.60 bits per heavy atom. The van der Waals surface area contributed by atoms with Gasteiger partial charge in [0.2, 0.25) is 0 Å². The molecule has 0 aliphatic carbocycles. The number of carbonyl (C=O) groups is 1. The molecule has 1 amide bonds. The van der Waals surface area contributed by atoms with Gasteiger partial charge in [-0.3, -0.25) is 19.1 Å². The highest BCUT2D eigenvalue weighted by Crippen LogP contribution is 2.18. The quantitative estimate of drug-likeness (QED) is 0.607. The van der Waals surface area contributed by atoms with Crippen LogP contribution in [0.4, 0.5) is 11.5 Å². The Hall–Kier alpha value is -4.07. The Labute approximate surface area is 172 Å². The number of nitrogens with zero attached hydrogens (tertiary/aromatic N) is 2. The lowest BCUT2D eigenvalue weighted by Gasteiger charge is -2.19. The van der Waals surface area contributed by atoms with Crippen LogP contribution in [0, 0.1) is 0 Å². The van der Waals surface area contributed by atoms with Gasteiger partial charge in [-0.1, -0.05) is 42.5 Å². The van der Waals surface area contributed by atoms with Crippen LogP contribution < -0.4 is 26.6 Å². The van der Waals surface area contributed by atoms with E-state index in [1.165, 1.54) is 17.7 Å². The molecule has 154 valence electrons. The Kier molecular flexibility index (Phi) is 6.17. The van der Waals surface area contributed by atoms with Gasteiger partial charge in [0.15, 0.2) is 5.69 Å². The zero-order valence-corrected chi connectivity index (χ0v) is 16.7. The molecule has 0 aliphatic heterocycles. The minimum Gasteiger partial charge on any atom is -0.497 e. The third-order valence-electron chi connectivity index (χ3n) is 4.58. The lowest BCUT2D eigenvalue weighted by Crippen LogP contribution is -2.39. The van der Waals surface area contributed by atoms with Crippen molar-refractivity contribution < 1.29 is 9.53 Å². The van der Waals surface area contributed by atoms with Crippen molar-refractivity contribution in [3.8, 4) is 5.75 Å². The summed E-state index contributed by atoms with van der Waals surface area (Å²) in [5.74, 6) is 0.102. The molecule has 2 aromatic carbocycles. The molecule has 3 rings (SSSR count). The molecule has 0 unspecified atom stereocenters. The molecule has 0 saturated carbocycles. The predicted octanol–water partition coefficient (Wildman–Crippen LogP) is 1.85. The maximum atomic E-state index is 12.6. The summed E-state index contributed by atoms with van der Waals surface area (Å²) < 4.78 is 6.38. The number of carbonyl (C=O) groups excluding carboxylic acids is 1. The number of H-pyrrole nitrogens is 1. The molecule has 8 heteroatoms. The third-order valence-corrected chi connectivity index (χ3v) is 4.58. The van der Waals surface area contributed by atoms with Crippen molar-refractivity contribution in [1.82, 2.24) is 9.55 Å².